The number of para-hydroxylation sites is 1. The van der Waals surface area contributed by atoms with Gasteiger partial charge < -0.3 is 14.8 Å². The highest BCUT2D eigenvalue weighted by molar-refractivity contribution is 6.39. The lowest BCUT2D eigenvalue weighted by Crippen LogP contribution is -2.54. The van der Waals surface area contributed by atoms with E-state index in [1.165, 1.54) is 36.4 Å². The summed E-state index contributed by atoms with van der Waals surface area (Å²) in [5.41, 5.74) is 0.260. The van der Waals surface area contributed by atoms with Crippen molar-refractivity contribution in [1.82, 2.24) is 5.32 Å². The second kappa shape index (κ2) is 12.1. The van der Waals surface area contributed by atoms with E-state index in [1.54, 1.807) is 31.2 Å². The van der Waals surface area contributed by atoms with Crippen molar-refractivity contribution in [1.29, 1.82) is 0 Å². The normalized spacial score (nSPS) is 14.1. The molecule has 0 atom stereocenters. The van der Waals surface area contributed by atoms with Crippen LogP contribution in [0, 0.1) is 10.1 Å². The second-order valence-corrected chi connectivity index (χ2v) is 8.59. The lowest BCUT2D eigenvalue weighted by atomic mass is 10.1. The molecule has 1 aliphatic heterocycles. The van der Waals surface area contributed by atoms with Gasteiger partial charge in [0.05, 0.1) is 27.9 Å². The lowest BCUT2D eigenvalue weighted by molar-refractivity contribution is -0.384. The van der Waals surface area contributed by atoms with E-state index in [1.807, 2.05) is 0 Å². The molecule has 0 radical (unpaired) electrons. The Labute approximate surface area is 232 Å². The second-order valence-electron chi connectivity index (χ2n) is 8.19. The average Bonchev–Trinajstić information content (AvgIpc) is 2.92. The number of carbonyl (C=O) groups is 4. The number of hydrogen-bond donors (Lipinski definition) is 2. The molecule has 13 heteroatoms. The number of benzene rings is 3. The van der Waals surface area contributed by atoms with Crippen LogP contribution in [0.5, 0.6) is 11.5 Å². The summed E-state index contributed by atoms with van der Waals surface area (Å²) < 4.78 is 11.2. The van der Waals surface area contributed by atoms with Crippen LogP contribution in [0.3, 0.4) is 0 Å². The minimum Gasteiger partial charge on any atom is -0.490 e. The summed E-state index contributed by atoms with van der Waals surface area (Å²) >= 11 is 6.06. The summed E-state index contributed by atoms with van der Waals surface area (Å²) in [5, 5.41) is 16.0. The number of rotatable bonds is 9. The van der Waals surface area contributed by atoms with E-state index in [2.05, 4.69) is 10.6 Å². The van der Waals surface area contributed by atoms with Crippen LogP contribution < -0.4 is 25.0 Å². The van der Waals surface area contributed by atoms with Crippen LogP contribution >= 0.6 is 11.6 Å². The minimum absolute atomic E-state index is 0.0420. The number of imide groups is 2. The number of halogens is 1. The van der Waals surface area contributed by atoms with E-state index < -0.39 is 28.7 Å². The maximum absolute atomic E-state index is 13.1. The Morgan fingerprint density at radius 1 is 1.05 bits per heavy atom. The van der Waals surface area contributed by atoms with Crippen molar-refractivity contribution in [2.24, 2.45) is 0 Å². The molecule has 1 fully saturated rings. The van der Waals surface area contributed by atoms with Crippen molar-refractivity contribution in [3.63, 3.8) is 0 Å². The van der Waals surface area contributed by atoms with E-state index in [0.717, 1.165) is 12.1 Å². The number of amides is 5. The van der Waals surface area contributed by atoms with Gasteiger partial charge >= 0.3 is 6.03 Å². The molecule has 0 aromatic heterocycles. The first-order chi connectivity index (χ1) is 19.2. The molecule has 204 valence electrons. The van der Waals surface area contributed by atoms with E-state index in [0.29, 0.717) is 21.2 Å². The highest BCUT2D eigenvalue weighted by Gasteiger charge is 2.37. The van der Waals surface area contributed by atoms with Crippen LogP contribution in [-0.2, 0) is 14.4 Å². The zero-order chi connectivity index (χ0) is 28.8. The predicted octanol–water partition coefficient (Wildman–Crippen LogP) is 4.33. The molecule has 0 bridgehead atoms. The van der Waals surface area contributed by atoms with Gasteiger partial charge in [-0.15, -0.1) is 0 Å². The molecule has 4 rings (SSSR count). The van der Waals surface area contributed by atoms with Gasteiger partial charge in [0, 0.05) is 12.1 Å². The summed E-state index contributed by atoms with van der Waals surface area (Å²) in [5.74, 6) is -1.81. The molecule has 3 aromatic carbocycles. The molecule has 2 N–H and O–H groups in total. The summed E-state index contributed by atoms with van der Waals surface area (Å²) in [7, 11) is 0. The van der Waals surface area contributed by atoms with Crippen molar-refractivity contribution < 1.29 is 33.6 Å². The van der Waals surface area contributed by atoms with Crippen LogP contribution in [0.2, 0.25) is 5.02 Å². The van der Waals surface area contributed by atoms with E-state index in [-0.39, 0.29) is 41.7 Å². The van der Waals surface area contributed by atoms with Crippen LogP contribution in [0.1, 0.15) is 12.5 Å². The third-order valence-corrected chi connectivity index (χ3v) is 5.84. The lowest BCUT2D eigenvalue weighted by Gasteiger charge is -2.26. The number of nitro groups is 1. The zero-order valence-corrected chi connectivity index (χ0v) is 21.6. The molecule has 5 amide bonds. The zero-order valence-electron chi connectivity index (χ0n) is 20.9. The third-order valence-electron chi connectivity index (χ3n) is 5.51. The maximum atomic E-state index is 13.1. The predicted molar refractivity (Wildman–Crippen MR) is 145 cm³/mol. The number of anilines is 2. The van der Waals surface area contributed by atoms with Gasteiger partial charge in [-0.05, 0) is 55.0 Å². The number of nitrogens with one attached hydrogen (secondary N) is 2. The topological polar surface area (TPSA) is 157 Å². The van der Waals surface area contributed by atoms with Crippen molar-refractivity contribution in [2.75, 3.05) is 23.4 Å². The largest absolute Gasteiger partial charge is 0.490 e. The van der Waals surface area contributed by atoms with Crippen molar-refractivity contribution >= 4 is 58.5 Å². The number of carbonyl (C=O) groups excluding carboxylic acids is 4. The average molecular weight is 565 g/mol. The Hall–Kier alpha value is -5.23. The summed E-state index contributed by atoms with van der Waals surface area (Å²) in [6.45, 7) is 1.65. The van der Waals surface area contributed by atoms with Gasteiger partial charge in [0.25, 0.3) is 23.4 Å². The molecule has 0 saturated carbocycles. The number of urea groups is 1. The Morgan fingerprint density at radius 3 is 2.45 bits per heavy atom. The smallest absolute Gasteiger partial charge is 0.335 e. The summed E-state index contributed by atoms with van der Waals surface area (Å²) in [6, 6.07) is 15.0. The molecule has 3 aromatic rings. The third kappa shape index (κ3) is 6.25. The number of nitro benzene ring substituents is 1. The molecular weight excluding hydrogens is 544 g/mol. The fraction of sp³-hybridized carbons (Fsp3) is 0.111. The summed E-state index contributed by atoms with van der Waals surface area (Å²) in [6.07, 6.45) is 1.26. The number of ether oxygens (including phenoxy) is 2. The molecule has 0 unspecified atom stereocenters. The SMILES string of the molecule is CCOc1cc(/C=C2/C(=O)NC(=O)N(c3ccc([N+](=O)[O-])cc3)C2=O)ccc1OCC(=O)Nc1ccccc1Cl. The van der Waals surface area contributed by atoms with Crippen molar-refractivity contribution in [3.8, 4) is 11.5 Å². The monoisotopic (exact) mass is 564 g/mol. The first-order valence-electron chi connectivity index (χ1n) is 11.8. The molecule has 40 heavy (non-hydrogen) atoms. The Bertz CT molecular complexity index is 1540. The Balaban J connectivity index is 1.54. The van der Waals surface area contributed by atoms with Crippen LogP contribution in [0.25, 0.3) is 6.08 Å². The minimum atomic E-state index is -0.991. The Kier molecular flexibility index (Phi) is 8.40. The molecule has 0 aliphatic carbocycles. The van der Waals surface area contributed by atoms with Crippen LogP contribution in [0.4, 0.5) is 21.9 Å². The van der Waals surface area contributed by atoms with Crippen LogP contribution in [0.15, 0.2) is 72.3 Å². The molecular formula is C27H21ClN4O8. The van der Waals surface area contributed by atoms with Gasteiger partial charge in [0.1, 0.15) is 5.57 Å². The molecule has 12 nitrogen and oxygen atoms in total. The van der Waals surface area contributed by atoms with E-state index in [9.17, 15) is 29.3 Å². The van der Waals surface area contributed by atoms with Crippen molar-refractivity contribution in [3.05, 3.63) is 93.0 Å². The fourth-order valence-electron chi connectivity index (χ4n) is 3.68. The first kappa shape index (κ1) is 27.8. The highest BCUT2D eigenvalue weighted by atomic mass is 35.5. The van der Waals surface area contributed by atoms with E-state index >= 15 is 0 Å². The van der Waals surface area contributed by atoms with Gasteiger partial charge in [0.15, 0.2) is 18.1 Å². The Morgan fingerprint density at radius 2 is 1.77 bits per heavy atom. The fourth-order valence-corrected chi connectivity index (χ4v) is 3.86. The molecule has 1 heterocycles. The summed E-state index contributed by atoms with van der Waals surface area (Å²) in [4.78, 5) is 61.4. The number of nitrogens with zero attached hydrogens (tertiary/aromatic N) is 2. The van der Waals surface area contributed by atoms with Crippen LogP contribution in [-0.4, -0.2) is 41.9 Å². The van der Waals surface area contributed by atoms with Gasteiger partial charge in [-0.2, -0.15) is 0 Å². The van der Waals surface area contributed by atoms with Gasteiger partial charge in [0.2, 0.25) is 0 Å². The van der Waals surface area contributed by atoms with Gasteiger partial charge in [-0.3, -0.25) is 29.8 Å². The standard InChI is InChI=1S/C27H21ClN4O8/c1-2-39-23-14-16(7-12-22(23)40-15-24(33)29-21-6-4-3-5-20(21)28)13-19-25(34)30-27(36)31(26(19)35)17-8-10-18(11-9-17)32(37)38/h3-14H,2,15H2,1H3,(H,29,33)(H,30,34,36)/b19-13-. The number of hydrogen-bond acceptors (Lipinski definition) is 8. The first-order valence-corrected chi connectivity index (χ1v) is 12.2. The molecule has 1 saturated heterocycles. The van der Waals surface area contributed by atoms with Gasteiger partial charge in [-0.25, -0.2) is 9.69 Å². The number of barbiturate groups is 1. The maximum Gasteiger partial charge on any atom is 0.335 e. The van der Waals surface area contributed by atoms with Crippen molar-refractivity contribution in [2.45, 2.75) is 6.92 Å². The molecule has 1 aliphatic rings. The highest BCUT2D eigenvalue weighted by Crippen LogP contribution is 2.31. The molecule has 0 spiro atoms. The number of non-ortho nitro benzene ring substituents is 1. The van der Waals surface area contributed by atoms with Gasteiger partial charge in [-0.1, -0.05) is 29.8 Å². The van der Waals surface area contributed by atoms with E-state index in [4.69, 9.17) is 21.1 Å². The quantitative estimate of drug-likeness (QED) is 0.168.